The van der Waals surface area contributed by atoms with Crippen molar-refractivity contribution in [3.63, 3.8) is 0 Å². The van der Waals surface area contributed by atoms with Crippen LogP contribution in [0.4, 0.5) is 4.39 Å². The molecular formula is C14H13BrFNO2S. The van der Waals surface area contributed by atoms with Gasteiger partial charge >= 0.3 is 0 Å². The number of nitrogens with one attached hydrogen (secondary N) is 1. The minimum Gasteiger partial charge on any atom is -0.207 e. The number of rotatable bonds is 4. The third-order valence-corrected chi connectivity index (χ3v) is 4.82. The van der Waals surface area contributed by atoms with E-state index in [-0.39, 0.29) is 4.90 Å². The monoisotopic (exact) mass is 357 g/mol. The SMILES string of the molecule is C[C@H](NS(=O)(=O)c1cccc(F)c1)c1cccc(Br)c1. The lowest BCUT2D eigenvalue weighted by atomic mass is 10.1. The van der Waals surface area contributed by atoms with Crippen molar-refractivity contribution < 1.29 is 12.8 Å². The third-order valence-electron chi connectivity index (χ3n) is 2.79. The molecule has 20 heavy (non-hydrogen) atoms. The molecule has 0 aliphatic heterocycles. The smallest absolute Gasteiger partial charge is 0.207 e. The first-order chi connectivity index (χ1) is 9.38. The normalized spacial score (nSPS) is 13.2. The minimum atomic E-state index is -3.75. The predicted octanol–water partition coefficient (Wildman–Crippen LogP) is 3.63. The van der Waals surface area contributed by atoms with Crippen LogP contribution >= 0.6 is 15.9 Å². The molecule has 0 heterocycles. The molecule has 6 heteroatoms. The molecule has 0 radical (unpaired) electrons. The van der Waals surface area contributed by atoms with Gasteiger partial charge in [-0.1, -0.05) is 34.1 Å². The molecule has 0 aliphatic rings. The van der Waals surface area contributed by atoms with Gasteiger partial charge in [0.15, 0.2) is 0 Å². The van der Waals surface area contributed by atoms with E-state index >= 15 is 0 Å². The van der Waals surface area contributed by atoms with Crippen LogP contribution in [0.15, 0.2) is 57.9 Å². The summed E-state index contributed by atoms with van der Waals surface area (Å²) in [6.45, 7) is 1.73. The summed E-state index contributed by atoms with van der Waals surface area (Å²) in [4.78, 5) is -0.0839. The Labute approximate surface area is 126 Å². The molecule has 0 fully saturated rings. The van der Waals surface area contributed by atoms with E-state index in [1.165, 1.54) is 18.2 Å². The summed E-state index contributed by atoms with van der Waals surface area (Å²) < 4.78 is 40.8. The van der Waals surface area contributed by atoms with E-state index in [4.69, 9.17) is 0 Å². The van der Waals surface area contributed by atoms with Crippen molar-refractivity contribution in [3.05, 3.63) is 64.4 Å². The van der Waals surface area contributed by atoms with Gasteiger partial charge in [-0.25, -0.2) is 17.5 Å². The quantitative estimate of drug-likeness (QED) is 0.907. The maximum Gasteiger partial charge on any atom is 0.241 e. The summed E-state index contributed by atoms with van der Waals surface area (Å²) in [6, 6.07) is 11.9. The molecule has 2 aromatic rings. The van der Waals surface area contributed by atoms with E-state index in [2.05, 4.69) is 20.7 Å². The molecule has 0 amide bonds. The van der Waals surface area contributed by atoms with Gasteiger partial charge < -0.3 is 0 Å². The standard InChI is InChI=1S/C14H13BrFNO2S/c1-10(11-4-2-5-12(15)8-11)17-20(18,19)14-7-3-6-13(16)9-14/h2-10,17H,1H3/t10-/m0/s1. The molecule has 3 nitrogen and oxygen atoms in total. The van der Waals surface area contributed by atoms with Crippen LogP contribution in [-0.2, 0) is 10.0 Å². The molecular weight excluding hydrogens is 345 g/mol. The summed E-state index contributed by atoms with van der Waals surface area (Å²) in [7, 11) is -3.75. The van der Waals surface area contributed by atoms with Gasteiger partial charge in [0.25, 0.3) is 0 Å². The van der Waals surface area contributed by atoms with E-state index in [1.54, 1.807) is 6.92 Å². The van der Waals surface area contributed by atoms with Crippen molar-refractivity contribution in [2.45, 2.75) is 17.9 Å². The summed E-state index contributed by atoms with van der Waals surface area (Å²) in [6.07, 6.45) is 0. The van der Waals surface area contributed by atoms with Crippen LogP contribution in [0.1, 0.15) is 18.5 Å². The van der Waals surface area contributed by atoms with E-state index in [1.807, 2.05) is 24.3 Å². The van der Waals surface area contributed by atoms with Crippen molar-refractivity contribution >= 4 is 26.0 Å². The summed E-state index contributed by atoms with van der Waals surface area (Å²) >= 11 is 3.34. The topological polar surface area (TPSA) is 46.2 Å². The molecule has 0 unspecified atom stereocenters. The molecule has 1 N–H and O–H groups in total. The van der Waals surface area contributed by atoms with Gasteiger partial charge in [-0.2, -0.15) is 0 Å². The van der Waals surface area contributed by atoms with Gasteiger partial charge in [-0.05, 0) is 42.8 Å². The van der Waals surface area contributed by atoms with Crippen LogP contribution in [0.5, 0.6) is 0 Å². The second kappa shape index (κ2) is 6.03. The zero-order valence-corrected chi connectivity index (χ0v) is 13.1. The lowest BCUT2D eigenvalue weighted by molar-refractivity contribution is 0.564. The Balaban J connectivity index is 2.24. The highest BCUT2D eigenvalue weighted by atomic mass is 79.9. The van der Waals surface area contributed by atoms with Crippen LogP contribution in [0.25, 0.3) is 0 Å². The Morgan fingerprint density at radius 3 is 2.50 bits per heavy atom. The van der Waals surface area contributed by atoms with Crippen molar-refractivity contribution in [2.24, 2.45) is 0 Å². The Kier molecular flexibility index (Phi) is 4.57. The Hall–Kier alpha value is -1.24. The Morgan fingerprint density at radius 1 is 1.15 bits per heavy atom. The van der Waals surface area contributed by atoms with Gasteiger partial charge in [0.05, 0.1) is 4.90 Å². The highest BCUT2D eigenvalue weighted by molar-refractivity contribution is 9.10. The lowest BCUT2D eigenvalue weighted by Gasteiger charge is -2.15. The molecule has 0 aromatic heterocycles. The molecule has 2 rings (SSSR count). The number of hydrogen-bond donors (Lipinski definition) is 1. The first-order valence-electron chi connectivity index (χ1n) is 5.92. The van der Waals surface area contributed by atoms with E-state index in [9.17, 15) is 12.8 Å². The number of halogens is 2. The molecule has 0 saturated carbocycles. The largest absolute Gasteiger partial charge is 0.241 e. The van der Waals surface area contributed by atoms with Crippen molar-refractivity contribution in [1.29, 1.82) is 0 Å². The predicted molar refractivity (Wildman–Crippen MR) is 79.3 cm³/mol. The molecule has 106 valence electrons. The molecule has 2 aromatic carbocycles. The first-order valence-corrected chi connectivity index (χ1v) is 8.19. The van der Waals surface area contributed by atoms with Gasteiger partial charge in [-0.3, -0.25) is 0 Å². The fraction of sp³-hybridized carbons (Fsp3) is 0.143. The van der Waals surface area contributed by atoms with Gasteiger partial charge in [-0.15, -0.1) is 0 Å². The fourth-order valence-electron chi connectivity index (χ4n) is 1.78. The van der Waals surface area contributed by atoms with Gasteiger partial charge in [0, 0.05) is 10.5 Å². The maximum atomic E-state index is 13.1. The zero-order chi connectivity index (χ0) is 14.8. The lowest BCUT2D eigenvalue weighted by Crippen LogP contribution is -2.27. The first kappa shape index (κ1) is 15.2. The molecule has 1 atom stereocenters. The van der Waals surface area contributed by atoms with Gasteiger partial charge in [0.1, 0.15) is 5.82 Å². The van der Waals surface area contributed by atoms with Crippen LogP contribution < -0.4 is 4.72 Å². The third kappa shape index (κ3) is 3.65. The summed E-state index contributed by atoms with van der Waals surface area (Å²) in [5.41, 5.74) is 0.819. The number of benzene rings is 2. The van der Waals surface area contributed by atoms with Gasteiger partial charge in [0.2, 0.25) is 10.0 Å². The maximum absolute atomic E-state index is 13.1. The number of hydrogen-bond acceptors (Lipinski definition) is 2. The summed E-state index contributed by atoms with van der Waals surface area (Å²) in [5.74, 6) is -0.581. The molecule has 0 aliphatic carbocycles. The van der Waals surface area contributed by atoms with Crippen molar-refractivity contribution in [2.75, 3.05) is 0 Å². The Morgan fingerprint density at radius 2 is 1.85 bits per heavy atom. The second-order valence-corrected chi connectivity index (χ2v) is 6.99. The highest BCUT2D eigenvalue weighted by Gasteiger charge is 2.18. The van der Waals surface area contributed by atoms with Crippen molar-refractivity contribution in [1.82, 2.24) is 4.72 Å². The van der Waals surface area contributed by atoms with Crippen molar-refractivity contribution in [3.8, 4) is 0 Å². The van der Waals surface area contributed by atoms with E-state index in [0.29, 0.717) is 0 Å². The zero-order valence-electron chi connectivity index (χ0n) is 10.7. The average Bonchev–Trinajstić information content (AvgIpc) is 2.38. The summed E-state index contributed by atoms with van der Waals surface area (Å²) in [5, 5.41) is 0. The van der Waals surface area contributed by atoms with Crippen LogP contribution in [0.3, 0.4) is 0 Å². The van der Waals surface area contributed by atoms with Crippen LogP contribution in [-0.4, -0.2) is 8.42 Å². The highest BCUT2D eigenvalue weighted by Crippen LogP contribution is 2.20. The van der Waals surface area contributed by atoms with Crippen LogP contribution in [0.2, 0.25) is 0 Å². The van der Waals surface area contributed by atoms with E-state index in [0.717, 1.165) is 16.1 Å². The molecule has 0 saturated heterocycles. The fourth-order valence-corrected chi connectivity index (χ4v) is 3.46. The molecule has 0 spiro atoms. The van der Waals surface area contributed by atoms with E-state index < -0.39 is 21.9 Å². The minimum absolute atomic E-state index is 0.0839. The Bertz CT molecular complexity index is 719. The molecule has 0 bridgehead atoms. The second-order valence-electron chi connectivity index (χ2n) is 4.36. The van der Waals surface area contributed by atoms with Crippen LogP contribution in [0, 0.1) is 5.82 Å². The number of sulfonamides is 1. The average molecular weight is 358 g/mol.